The third kappa shape index (κ3) is 4.51. The number of carboxylic acid groups (broad SMARTS) is 1. The molecule has 3 aromatic rings. The van der Waals surface area contributed by atoms with E-state index in [4.69, 9.17) is 0 Å². The zero-order valence-corrected chi connectivity index (χ0v) is 21.5. The maximum absolute atomic E-state index is 15.8. The Morgan fingerprint density at radius 1 is 1.00 bits per heavy atom. The quantitative estimate of drug-likeness (QED) is 0.420. The number of phenols is 1. The number of hydrogen-bond donors (Lipinski definition) is 2. The summed E-state index contributed by atoms with van der Waals surface area (Å²) in [5.74, 6) is 0.0920. The van der Waals surface area contributed by atoms with Gasteiger partial charge in [0.05, 0.1) is 16.9 Å². The largest absolute Gasteiger partial charge is 0.507 e. The van der Waals surface area contributed by atoms with E-state index in [1.165, 1.54) is 29.2 Å². The Balaban J connectivity index is 1.76. The topological polar surface area (TPSA) is 84.3 Å². The minimum Gasteiger partial charge on any atom is -0.507 e. The van der Waals surface area contributed by atoms with E-state index in [9.17, 15) is 24.2 Å². The lowest BCUT2D eigenvalue weighted by Gasteiger charge is -2.40. The van der Waals surface area contributed by atoms with Crippen LogP contribution >= 0.6 is 0 Å². The van der Waals surface area contributed by atoms with Gasteiger partial charge in [0.25, 0.3) is 0 Å². The van der Waals surface area contributed by atoms with Crippen LogP contribution in [0.25, 0.3) is 16.8 Å². The van der Waals surface area contributed by atoms with Crippen LogP contribution < -0.4 is 4.90 Å². The predicted molar refractivity (Wildman–Crippen MR) is 145 cm³/mol. The van der Waals surface area contributed by atoms with Crippen LogP contribution in [0.1, 0.15) is 23.6 Å². The molecule has 0 aromatic heterocycles. The molecule has 0 aliphatic carbocycles. The Kier molecular flexibility index (Phi) is 6.85. The van der Waals surface area contributed by atoms with E-state index < -0.39 is 23.5 Å². The molecule has 0 atom stereocenters. The number of allylic oxidation sites excluding steroid dienone is 1. The van der Waals surface area contributed by atoms with Gasteiger partial charge < -0.3 is 20.0 Å². The highest BCUT2D eigenvalue weighted by Crippen LogP contribution is 2.47. The van der Waals surface area contributed by atoms with Crippen molar-refractivity contribution < 1.29 is 28.6 Å². The molecule has 5 rings (SSSR count). The second kappa shape index (κ2) is 10.3. The second-order valence-corrected chi connectivity index (χ2v) is 9.53. The average Bonchev–Trinajstić information content (AvgIpc) is 2.92. The van der Waals surface area contributed by atoms with Crippen molar-refractivity contribution in [3.8, 4) is 16.9 Å². The number of carbonyl (C=O) groups excluding carboxylic acids is 1. The first-order chi connectivity index (χ1) is 18.7. The van der Waals surface area contributed by atoms with Crippen LogP contribution in [0.4, 0.5) is 25.0 Å². The molecule has 7 nitrogen and oxygen atoms in total. The number of piperazine rings is 1. The Morgan fingerprint density at radius 3 is 2.36 bits per heavy atom. The van der Waals surface area contributed by atoms with Gasteiger partial charge in [0, 0.05) is 43.0 Å². The third-order valence-electron chi connectivity index (χ3n) is 7.30. The summed E-state index contributed by atoms with van der Waals surface area (Å²) in [6, 6.07) is 12.3. The van der Waals surface area contributed by atoms with E-state index in [2.05, 4.69) is 0 Å². The Morgan fingerprint density at radius 2 is 1.72 bits per heavy atom. The van der Waals surface area contributed by atoms with Gasteiger partial charge in [0.2, 0.25) is 0 Å². The molecule has 1 saturated heterocycles. The van der Waals surface area contributed by atoms with Crippen LogP contribution in [0, 0.1) is 18.6 Å². The zero-order valence-electron chi connectivity index (χ0n) is 21.5. The fraction of sp³-hybridized carbons (Fsp3) is 0.233. The standard InChI is InChI=1S/C30H27F2N3O4/c1-3-19-7-4-6-18(2)29(19)35-20(17-36)14-25(33-10-12-34(13-11-33)30(38)39)22-15-24(32)21(16-26(22)35)28-23(31)8-5-9-27(28)37/h4-9,14-16,37H,3,10-13H2,1-2H3,(H,38,39). The van der Waals surface area contributed by atoms with Crippen LogP contribution in [-0.2, 0) is 11.2 Å². The normalized spacial score (nSPS) is 15.1. The highest BCUT2D eigenvalue weighted by Gasteiger charge is 2.33. The Bertz CT molecular complexity index is 1530. The van der Waals surface area contributed by atoms with E-state index in [0.29, 0.717) is 36.5 Å². The number of halogens is 2. The monoisotopic (exact) mass is 531 g/mol. The molecule has 2 aliphatic heterocycles. The van der Waals surface area contributed by atoms with E-state index in [1.54, 1.807) is 11.0 Å². The first-order valence-corrected chi connectivity index (χ1v) is 12.6. The van der Waals surface area contributed by atoms with Gasteiger partial charge in [0.1, 0.15) is 23.1 Å². The van der Waals surface area contributed by atoms with Crippen LogP contribution in [-0.4, -0.2) is 58.2 Å². The van der Waals surface area contributed by atoms with Crippen molar-refractivity contribution in [2.45, 2.75) is 20.3 Å². The first-order valence-electron chi connectivity index (χ1n) is 12.6. The summed E-state index contributed by atoms with van der Waals surface area (Å²) >= 11 is 0. The number of hydrogen-bond acceptors (Lipinski definition) is 5. The lowest BCUT2D eigenvalue weighted by molar-refractivity contribution is 0.122. The van der Waals surface area contributed by atoms with E-state index in [0.717, 1.165) is 22.9 Å². The minimum absolute atomic E-state index is 0.150. The van der Waals surface area contributed by atoms with Gasteiger partial charge in [-0.3, -0.25) is 4.90 Å². The highest BCUT2D eigenvalue weighted by atomic mass is 19.1. The molecule has 2 aliphatic rings. The van der Waals surface area contributed by atoms with Gasteiger partial charge in [0.15, 0.2) is 5.94 Å². The maximum Gasteiger partial charge on any atom is 0.407 e. The SMILES string of the molecule is CCc1cccc(C)c1N1C(=C=O)C=C(N2CCN(C(=O)O)CC2)c2cc(F)c(-c3c(O)cccc3F)cc21. The van der Waals surface area contributed by atoms with Crippen molar-refractivity contribution in [3.05, 3.63) is 88.6 Å². The molecule has 1 fully saturated rings. The van der Waals surface area contributed by atoms with Crippen LogP contribution in [0.2, 0.25) is 0 Å². The van der Waals surface area contributed by atoms with Crippen molar-refractivity contribution in [2.24, 2.45) is 0 Å². The summed E-state index contributed by atoms with van der Waals surface area (Å²) in [5.41, 5.74) is 3.73. The summed E-state index contributed by atoms with van der Waals surface area (Å²) in [5, 5.41) is 19.8. The van der Waals surface area contributed by atoms with Gasteiger partial charge in [-0.1, -0.05) is 31.2 Å². The van der Waals surface area contributed by atoms with Crippen LogP contribution in [0.3, 0.4) is 0 Å². The third-order valence-corrected chi connectivity index (χ3v) is 7.30. The molecule has 3 aromatic carbocycles. The molecule has 0 radical (unpaired) electrons. The molecule has 0 saturated carbocycles. The van der Waals surface area contributed by atoms with E-state index in [-0.39, 0.29) is 29.9 Å². The van der Waals surface area contributed by atoms with Crippen LogP contribution in [0.15, 0.2) is 60.3 Å². The van der Waals surface area contributed by atoms with Crippen LogP contribution in [0.5, 0.6) is 5.75 Å². The number of amides is 1. The number of benzene rings is 3. The number of phenolic OH excluding ortho intramolecular Hbond substituents is 1. The van der Waals surface area contributed by atoms with Crippen molar-refractivity contribution in [2.75, 3.05) is 31.1 Å². The Labute approximate surface area is 224 Å². The number of nitrogens with zero attached hydrogens (tertiary/aromatic N) is 3. The summed E-state index contributed by atoms with van der Waals surface area (Å²) in [7, 11) is 0. The van der Waals surface area contributed by atoms with Crippen molar-refractivity contribution in [1.29, 1.82) is 0 Å². The summed E-state index contributed by atoms with van der Waals surface area (Å²) in [4.78, 5) is 28.8. The molecular formula is C30H27F2N3O4. The summed E-state index contributed by atoms with van der Waals surface area (Å²) in [6.45, 7) is 5.07. The molecule has 0 unspecified atom stereocenters. The second-order valence-electron chi connectivity index (χ2n) is 9.53. The zero-order chi connectivity index (χ0) is 27.8. The number of aryl methyl sites for hydroxylation is 2. The maximum atomic E-state index is 15.8. The lowest BCUT2D eigenvalue weighted by Crippen LogP contribution is -2.47. The molecular weight excluding hydrogens is 504 g/mol. The molecule has 9 heteroatoms. The molecule has 1 amide bonds. The first kappa shape index (κ1) is 26.0. The fourth-order valence-electron chi connectivity index (χ4n) is 5.37. The molecule has 39 heavy (non-hydrogen) atoms. The number of para-hydroxylation sites is 1. The summed E-state index contributed by atoms with van der Waals surface area (Å²) in [6.07, 6.45) is 1.28. The van der Waals surface area contributed by atoms with Gasteiger partial charge in [-0.2, -0.15) is 0 Å². The van der Waals surface area contributed by atoms with Crippen molar-refractivity contribution in [3.63, 3.8) is 0 Å². The number of carbonyl (C=O) groups is 1. The van der Waals surface area contributed by atoms with Gasteiger partial charge in [-0.25, -0.2) is 18.4 Å². The minimum atomic E-state index is -1.01. The number of rotatable bonds is 4. The number of aromatic hydroxyl groups is 1. The predicted octanol–water partition coefficient (Wildman–Crippen LogP) is 5.71. The van der Waals surface area contributed by atoms with Crippen molar-refractivity contribution >= 4 is 29.1 Å². The van der Waals surface area contributed by atoms with Gasteiger partial charge >= 0.3 is 6.09 Å². The molecule has 200 valence electrons. The molecule has 0 spiro atoms. The fourth-order valence-corrected chi connectivity index (χ4v) is 5.37. The Hall–Kier alpha value is -4.62. The molecule has 0 bridgehead atoms. The van der Waals surface area contributed by atoms with E-state index in [1.807, 2.05) is 42.9 Å². The highest BCUT2D eigenvalue weighted by molar-refractivity contribution is 5.95. The smallest absolute Gasteiger partial charge is 0.407 e. The average molecular weight is 532 g/mol. The lowest BCUT2D eigenvalue weighted by atomic mass is 9.93. The number of fused-ring (bicyclic) bond motifs is 1. The molecule has 2 heterocycles. The number of anilines is 2. The van der Waals surface area contributed by atoms with E-state index >= 15 is 4.39 Å². The summed E-state index contributed by atoms with van der Waals surface area (Å²) < 4.78 is 30.6. The van der Waals surface area contributed by atoms with Gasteiger partial charge in [-0.15, -0.1) is 0 Å². The van der Waals surface area contributed by atoms with Gasteiger partial charge in [-0.05, 0) is 54.8 Å². The van der Waals surface area contributed by atoms with Crippen molar-refractivity contribution in [1.82, 2.24) is 9.80 Å². The molecule has 2 N–H and O–H groups in total.